The summed E-state index contributed by atoms with van der Waals surface area (Å²) in [4.78, 5) is 46.4. The summed E-state index contributed by atoms with van der Waals surface area (Å²) in [7, 11) is -4.37. The molecule has 2 N–H and O–H groups in total. The number of nitrogens with zero attached hydrogens (tertiary/aromatic N) is 2. The van der Waals surface area contributed by atoms with Gasteiger partial charge in [0, 0.05) is 13.1 Å². The highest BCUT2D eigenvalue weighted by molar-refractivity contribution is 7.52. The van der Waals surface area contributed by atoms with Gasteiger partial charge in [-0.3, -0.25) is 14.3 Å². The van der Waals surface area contributed by atoms with E-state index in [1.165, 1.54) is 9.80 Å². The van der Waals surface area contributed by atoms with Gasteiger partial charge >= 0.3 is 13.7 Å². The van der Waals surface area contributed by atoms with Gasteiger partial charge in [0.15, 0.2) is 0 Å². The van der Waals surface area contributed by atoms with Crippen molar-refractivity contribution in [3.63, 3.8) is 0 Å². The maximum Gasteiger partial charge on any atom is 0.410 e. The molecule has 0 radical (unpaired) electrons. The van der Waals surface area contributed by atoms with E-state index in [2.05, 4.69) is 0 Å². The van der Waals surface area contributed by atoms with E-state index in [0.717, 1.165) is 0 Å². The molecule has 2 fully saturated rings. The van der Waals surface area contributed by atoms with E-state index in [0.29, 0.717) is 32.4 Å². The van der Waals surface area contributed by atoms with Gasteiger partial charge < -0.3 is 19.4 Å². The lowest BCUT2D eigenvalue weighted by Crippen LogP contribution is -2.50. The van der Waals surface area contributed by atoms with Crippen molar-refractivity contribution < 1.29 is 28.7 Å². The molecule has 2 saturated heterocycles. The molecule has 2 aliphatic rings. The molecule has 2 rings (SSSR count). The fourth-order valence-corrected chi connectivity index (χ4v) is 4.22. The summed E-state index contributed by atoms with van der Waals surface area (Å²) < 4.78 is 16.9. The zero-order valence-electron chi connectivity index (χ0n) is 13.8. The van der Waals surface area contributed by atoms with Crippen LogP contribution in [0.2, 0.25) is 0 Å². The summed E-state index contributed by atoms with van der Waals surface area (Å²) >= 11 is 0. The van der Waals surface area contributed by atoms with Gasteiger partial charge in [-0.05, 0) is 46.5 Å². The Hall–Kier alpha value is -1.11. The lowest BCUT2D eigenvalue weighted by atomic mass is 10.2. The number of ether oxygens (including phenoxy) is 1. The molecule has 1 unspecified atom stereocenters. The molecule has 2 heterocycles. The largest absolute Gasteiger partial charge is 0.444 e. The predicted molar refractivity (Wildman–Crippen MR) is 82.7 cm³/mol. The van der Waals surface area contributed by atoms with Gasteiger partial charge in [-0.25, -0.2) is 4.79 Å². The highest BCUT2D eigenvalue weighted by Gasteiger charge is 2.46. The van der Waals surface area contributed by atoms with Crippen LogP contribution >= 0.6 is 7.60 Å². The molecule has 2 aliphatic heterocycles. The van der Waals surface area contributed by atoms with Gasteiger partial charge in [0.1, 0.15) is 17.4 Å². The van der Waals surface area contributed by atoms with Crippen LogP contribution in [0, 0.1) is 0 Å². The van der Waals surface area contributed by atoms with Crippen molar-refractivity contribution in [2.45, 2.75) is 63.9 Å². The Morgan fingerprint density at radius 1 is 1.09 bits per heavy atom. The van der Waals surface area contributed by atoms with Gasteiger partial charge in [-0.1, -0.05) is 0 Å². The number of amides is 2. The lowest BCUT2D eigenvalue weighted by molar-refractivity contribution is -0.135. The molecule has 0 aromatic rings. The molecule has 0 spiro atoms. The molecule has 0 aliphatic carbocycles. The van der Waals surface area contributed by atoms with Crippen molar-refractivity contribution in [2.24, 2.45) is 0 Å². The predicted octanol–water partition coefficient (Wildman–Crippen LogP) is 1.51. The summed E-state index contributed by atoms with van der Waals surface area (Å²) in [6.45, 7) is 5.99. The Morgan fingerprint density at radius 2 is 1.65 bits per heavy atom. The Labute approximate surface area is 135 Å². The number of rotatable bonds is 2. The molecule has 0 aromatic heterocycles. The van der Waals surface area contributed by atoms with E-state index >= 15 is 0 Å². The van der Waals surface area contributed by atoms with Crippen LogP contribution in [0.15, 0.2) is 0 Å². The van der Waals surface area contributed by atoms with Crippen molar-refractivity contribution in [2.75, 3.05) is 13.1 Å². The van der Waals surface area contributed by atoms with Crippen molar-refractivity contribution in [3.05, 3.63) is 0 Å². The summed E-state index contributed by atoms with van der Waals surface area (Å²) in [5, 5.41) is 0. The third-order valence-corrected chi connectivity index (χ3v) is 5.37. The Balaban J connectivity index is 2.12. The number of carbonyl (C=O) groups excluding carboxylic acids is 2. The fourth-order valence-electron chi connectivity index (χ4n) is 3.11. The quantitative estimate of drug-likeness (QED) is 0.733. The minimum absolute atomic E-state index is 0.287. The number of carbonyl (C=O) groups is 2. The maximum absolute atomic E-state index is 12.7. The van der Waals surface area contributed by atoms with Gasteiger partial charge in [0.05, 0.1) is 0 Å². The van der Waals surface area contributed by atoms with E-state index in [1.807, 2.05) is 0 Å². The van der Waals surface area contributed by atoms with Gasteiger partial charge in [-0.15, -0.1) is 0 Å². The number of hydrogen-bond acceptors (Lipinski definition) is 4. The average Bonchev–Trinajstić information content (AvgIpc) is 3.04. The lowest BCUT2D eigenvalue weighted by Gasteiger charge is -2.32. The van der Waals surface area contributed by atoms with Crippen molar-refractivity contribution in [1.29, 1.82) is 0 Å². The van der Waals surface area contributed by atoms with Crippen LogP contribution in [-0.4, -0.2) is 62.1 Å². The van der Waals surface area contributed by atoms with Crippen molar-refractivity contribution in [3.8, 4) is 0 Å². The first-order valence-electron chi connectivity index (χ1n) is 7.86. The van der Waals surface area contributed by atoms with E-state index < -0.39 is 31.1 Å². The number of likely N-dealkylation sites (tertiary alicyclic amines) is 2. The highest BCUT2D eigenvalue weighted by atomic mass is 31.2. The minimum Gasteiger partial charge on any atom is -0.444 e. The monoisotopic (exact) mass is 348 g/mol. The minimum atomic E-state index is -4.37. The first kappa shape index (κ1) is 18.2. The first-order chi connectivity index (χ1) is 10.5. The first-order valence-corrected chi connectivity index (χ1v) is 9.54. The third kappa shape index (κ3) is 4.25. The summed E-state index contributed by atoms with van der Waals surface area (Å²) in [6.07, 6.45) is 1.45. The fraction of sp³-hybridized carbons (Fsp3) is 0.857. The van der Waals surface area contributed by atoms with Gasteiger partial charge in [0.2, 0.25) is 5.91 Å². The second-order valence-electron chi connectivity index (χ2n) is 7.08. The van der Waals surface area contributed by atoms with Crippen LogP contribution in [0.1, 0.15) is 46.5 Å². The summed E-state index contributed by atoms with van der Waals surface area (Å²) in [5.74, 6) is -1.46. The van der Waals surface area contributed by atoms with E-state index in [4.69, 9.17) is 4.74 Å². The smallest absolute Gasteiger partial charge is 0.410 e. The Kier molecular flexibility index (Phi) is 5.09. The normalized spacial score (nSPS) is 25.8. The van der Waals surface area contributed by atoms with Crippen LogP contribution in [0.4, 0.5) is 4.79 Å². The van der Waals surface area contributed by atoms with Gasteiger partial charge in [0.25, 0.3) is 0 Å². The zero-order chi connectivity index (χ0) is 17.4. The Morgan fingerprint density at radius 3 is 2.22 bits per heavy atom. The molecule has 2 amide bonds. The molecule has 8 nitrogen and oxygen atoms in total. The van der Waals surface area contributed by atoms with E-state index in [-0.39, 0.29) is 12.3 Å². The van der Waals surface area contributed by atoms with Crippen molar-refractivity contribution >= 4 is 19.6 Å². The van der Waals surface area contributed by atoms with Crippen LogP contribution in [0.3, 0.4) is 0 Å². The molecule has 132 valence electrons. The topological polar surface area (TPSA) is 107 Å². The number of hydrogen-bond donors (Lipinski definition) is 2. The molecule has 2 atom stereocenters. The zero-order valence-corrected chi connectivity index (χ0v) is 14.7. The third-order valence-electron chi connectivity index (χ3n) is 4.06. The van der Waals surface area contributed by atoms with Crippen LogP contribution < -0.4 is 0 Å². The van der Waals surface area contributed by atoms with Crippen molar-refractivity contribution in [1.82, 2.24) is 9.80 Å². The average molecular weight is 348 g/mol. The summed E-state index contributed by atoms with van der Waals surface area (Å²) in [6, 6.07) is -0.697. The molecule has 9 heteroatoms. The second kappa shape index (κ2) is 6.42. The maximum atomic E-state index is 12.7. The molecular weight excluding hydrogens is 323 g/mol. The standard InChI is InChI=1S/C14H25N2O6P/c1-14(2,3)22-13(18)15-8-4-6-10(15)12(17)16-9-5-7-11(16)23(19,20)21/h10-11H,4-9H2,1-3H3,(H2,19,20,21)/t10-,11?/m0/s1. The molecule has 0 saturated carbocycles. The molecular formula is C14H25N2O6P. The molecule has 23 heavy (non-hydrogen) atoms. The SMILES string of the molecule is CC(C)(C)OC(=O)N1CCC[C@H]1C(=O)N1CCCC1P(=O)(O)O. The Bertz CT molecular complexity index is 526. The highest BCUT2D eigenvalue weighted by Crippen LogP contribution is 2.48. The van der Waals surface area contributed by atoms with E-state index in [9.17, 15) is 23.9 Å². The molecule has 0 bridgehead atoms. The summed E-state index contributed by atoms with van der Waals surface area (Å²) in [5.41, 5.74) is -0.657. The second-order valence-corrected chi connectivity index (χ2v) is 8.85. The van der Waals surface area contributed by atoms with Crippen LogP contribution in [0.5, 0.6) is 0 Å². The molecule has 0 aromatic carbocycles. The van der Waals surface area contributed by atoms with Crippen LogP contribution in [0.25, 0.3) is 0 Å². The van der Waals surface area contributed by atoms with Gasteiger partial charge in [-0.2, -0.15) is 0 Å². The van der Waals surface area contributed by atoms with E-state index in [1.54, 1.807) is 20.8 Å². The van der Waals surface area contributed by atoms with Crippen LogP contribution in [-0.2, 0) is 14.1 Å².